The van der Waals surface area contributed by atoms with E-state index in [0.29, 0.717) is 18.2 Å². The second-order valence-corrected chi connectivity index (χ2v) is 6.46. The number of fused-ring (bicyclic) bond motifs is 1. The lowest BCUT2D eigenvalue weighted by Crippen LogP contribution is -2.53. The van der Waals surface area contributed by atoms with Crippen molar-refractivity contribution in [1.82, 2.24) is 10.2 Å². The number of piperidine rings is 1. The van der Waals surface area contributed by atoms with Crippen molar-refractivity contribution in [2.45, 2.75) is 57.7 Å². The van der Waals surface area contributed by atoms with Crippen LogP contribution in [0.1, 0.15) is 38.7 Å². The van der Waals surface area contributed by atoms with Crippen LogP contribution in [0, 0.1) is 0 Å². The maximum absolute atomic E-state index is 6.14. The fourth-order valence-electron chi connectivity index (χ4n) is 3.89. The standard InChI is InChI=1S/C18H28N2O/c1-3-19-14(2)17-9-6-7-11-20(17)13-16-12-15-8-4-5-10-18(15)21-16/h4-5,8,10,14,16-17,19H,3,6-7,9,11-13H2,1-2H3. The lowest BCUT2D eigenvalue weighted by atomic mass is 9.95. The predicted molar refractivity (Wildman–Crippen MR) is 86.9 cm³/mol. The maximum atomic E-state index is 6.14. The SMILES string of the molecule is CCNC(C)C1CCCCN1CC1Cc2ccccc2O1. The third kappa shape index (κ3) is 3.41. The second-order valence-electron chi connectivity index (χ2n) is 6.46. The number of rotatable bonds is 5. The molecule has 116 valence electrons. The summed E-state index contributed by atoms with van der Waals surface area (Å²) in [5.41, 5.74) is 1.37. The molecule has 0 radical (unpaired) electrons. The van der Waals surface area contributed by atoms with Crippen LogP contribution in [0.2, 0.25) is 0 Å². The van der Waals surface area contributed by atoms with Gasteiger partial charge in [0.1, 0.15) is 11.9 Å². The summed E-state index contributed by atoms with van der Waals surface area (Å²) in [5.74, 6) is 1.09. The van der Waals surface area contributed by atoms with Gasteiger partial charge in [-0.2, -0.15) is 0 Å². The molecule has 1 aromatic rings. The maximum Gasteiger partial charge on any atom is 0.123 e. The summed E-state index contributed by atoms with van der Waals surface area (Å²) in [7, 11) is 0. The summed E-state index contributed by atoms with van der Waals surface area (Å²) in [6.07, 6.45) is 5.40. The molecule has 3 atom stereocenters. The zero-order chi connectivity index (χ0) is 14.7. The topological polar surface area (TPSA) is 24.5 Å². The lowest BCUT2D eigenvalue weighted by Gasteiger charge is -2.40. The molecule has 0 bridgehead atoms. The normalized spacial score (nSPS) is 27.1. The van der Waals surface area contributed by atoms with Crippen molar-refractivity contribution in [3.8, 4) is 5.75 Å². The lowest BCUT2D eigenvalue weighted by molar-refractivity contribution is 0.0738. The summed E-state index contributed by atoms with van der Waals surface area (Å²) < 4.78 is 6.14. The number of hydrogen-bond acceptors (Lipinski definition) is 3. The van der Waals surface area contributed by atoms with Gasteiger partial charge in [0.05, 0.1) is 0 Å². The van der Waals surface area contributed by atoms with Crippen molar-refractivity contribution in [1.29, 1.82) is 0 Å². The van der Waals surface area contributed by atoms with E-state index in [1.807, 2.05) is 0 Å². The summed E-state index contributed by atoms with van der Waals surface area (Å²) in [6, 6.07) is 9.71. The predicted octanol–water partition coefficient (Wildman–Crippen LogP) is 2.84. The van der Waals surface area contributed by atoms with Gasteiger partial charge in [-0.1, -0.05) is 31.5 Å². The number of nitrogens with one attached hydrogen (secondary N) is 1. The van der Waals surface area contributed by atoms with Crippen LogP contribution in [0.15, 0.2) is 24.3 Å². The molecule has 0 spiro atoms. The molecule has 0 aromatic heterocycles. The van der Waals surface area contributed by atoms with E-state index in [2.05, 4.69) is 48.3 Å². The van der Waals surface area contributed by atoms with Crippen molar-refractivity contribution in [3.63, 3.8) is 0 Å². The van der Waals surface area contributed by atoms with E-state index in [9.17, 15) is 0 Å². The molecule has 1 saturated heterocycles. The van der Waals surface area contributed by atoms with Gasteiger partial charge in [-0.25, -0.2) is 0 Å². The molecule has 0 amide bonds. The highest BCUT2D eigenvalue weighted by molar-refractivity contribution is 5.37. The molecule has 3 rings (SSSR count). The Hall–Kier alpha value is -1.06. The highest BCUT2D eigenvalue weighted by Gasteiger charge is 2.31. The average molecular weight is 288 g/mol. The van der Waals surface area contributed by atoms with Crippen LogP contribution in [0.3, 0.4) is 0 Å². The Morgan fingerprint density at radius 2 is 2.19 bits per heavy atom. The molecule has 1 aromatic carbocycles. The zero-order valence-corrected chi connectivity index (χ0v) is 13.3. The van der Waals surface area contributed by atoms with E-state index in [0.717, 1.165) is 25.3 Å². The third-order valence-corrected chi connectivity index (χ3v) is 4.92. The fourth-order valence-corrected chi connectivity index (χ4v) is 3.89. The Morgan fingerprint density at radius 3 is 3.00 bits per heavy atom. The van der Waals surface area contributed by atoms with Crippen molar-refractivity contribution >= 4 is 0 Å². The molecule has 0 saturated carbocycles. The van der Waals surface area contributed by atoms with Gasteiger partial charge >= 0.3 is 0 Å². The van der Waals surface area contributed by atoms with E-state index in [1.165, 1.54) is 31.4 Å². The molecule has 3 nitrogen and oxygen atoms in total. The van der Waals surface area contributed by atoms with Gasteiger partial charge in [0.15, 0.2) is 0 Å². The summed E-state index contributed by atoms with van der Waals surface area (Å²) in [4.78, 5) is 2.66. The number of para-hydroxylation sites is 1. The van der Waals surface area contributed by atoms with Crippen molar-refractivity contribution in [2.24, 2.45) is 0 Å². The first-order chi connectivity index (χ1) is 10.3. The minimum Gasteiger partial charge on any atom is -0.488 e. The van der Waals surface area contributed by atoms with E-state index >= 15 is 0 Å². The Kier molecular flexibility index (Phi) is 4.81. The number of ether oxygens (including phenoxy) is 1. The Morgan fingerprint density at radius 1 is 1.33 bits per heavy atom. The molecule has 2 aliphatic heterocycles. The zero-order valence-electron chi connectivity index (χ0n) is 13.3. The van der Waals surface area contributed by atoms with Gasteiger partial charge in [0, 0.05) is 25.0 Å². The van der Waals surface area contributed by atoms with E-state index in [4.69, 9.17) is 4.74 Å². The molecule has 21 heavy (non-hydrogen) atoms. The summed E-state index contributed by atoms with van der Waals surface area (Å²) in [6.45, 7) is 7.86. The summed E-state index contributed by atoms with van der Waals surface area (Å²) in [5, 5.41) is 3.60. The smallest absolute Gasteiger partial charge is 0.123 e. The van der Waals surface area contributed by atoms with Crippen molar-refractivity contribution in [2.75, 3.05) is 19.6 Å². The van der Waals surface area contributed by atoms with Gasteiger partial charge in [-0.15, -0.1) is 0 Å². The van der Waals surface area contributed by atoms with Gasteiger partial charge in [-0.3, -0.25) is 4.90 Å². The molecule has 2 aliphatic rings. The second kappa shape index (κ2) is 6.80. The molecule has 3 unspecified atom stereocenters. The van der Waals surface area contributed by atoms with Crippen LogP contribution in [-0.2, 0) is 6.42 Å². The van der Waals surface area contributed by atoms with Crippen molar-refractivity contribution in [3.05, 3.63) is 29.8 Å². The van der Waals surface area contributed by atoms with Crippen LogP contribution in [0.25, 0.3) is 0 Å². The molecular formula is C18H28N2O. The molecule has 0 aliphatic carbocycles. The molecular weight excluding hydrogens is 260 g/mol. The van der Waals surface area contributed by atoms with Gasteiger partial charge < -0.3 is 10.1 Å². The Balaban J connectivity index is 1.61. The quantitative estimate of drug-likeness (QED) is 0.901. The molecule has 3 heteroatoms. The van der Waals surface area contributed by atoms with E-state index in [1.54, 1.807) is 0 Å². The van der Waals surface area contributed by atoms with Gasteiger partial charge in [0.25, 0.3) is 0 Å². The van der Waals surface area contributed by atoms with Crippen molar-refractivity contribution < 1.29 is 4.74 Å². The van der Waals surface area contributed by atoms with Crippen LogP contribution >= 0.6 is 0 Å². The van der Waals surface area contributed by atoms with E-state index < -0.39 is 0 Å². The largest absolute Gasteiger partial charge is 0.488 e. The number of hydrogen-bond donors (Lipinski definition) is 1. The number of likely N-dealkylation sites (N-methyl/N-ethyl adjacent to an activating group) is 1. The van der Waals surface area contributed by atoms with Gasteiger partial charge in [0.2, 0.25) is 0 Å². The first-order valence-electron chi connectivity index (χ1n) is 8.50. The first kappa shape index (κ1) is 14.9. The Labute approximate surface area is 128 Å². The molecule has 1 fully saturated rings. The fraction of sp³-hybridized carbons (Fsp3) is 0.667. The van der Waals surface area contributed by atoms with E-state index in [-0.39, 0.29) is 0 Å². The number of benzene rings is 1. The van der Waals surface area contributed by atoms with Crippen LogP contribution in [0.4, 0.5) is 0 Å². The number of nitrogens with zero attached hydrogens (tertiary/aromatic N) is 1. The van der Waals surface area contributed by atoms with Crippen LogP contribution < -0.4 is 10.1 Å². The minimum absolute atomic E-state index is 0.330. The summed E-state index contributed by atoms with van der Waals surface area (Å²) >= 11 is 0. The third-order valence-electron chi connectivity index (χ3n) is 4.92. The molecule has 1 N–H and O–H groups in total. The first-order valence-corrected chi connectivity index (χ1v) is 8.50. The van der Waals surface area contributed by atoms with Gasteiger partial charge in [-0.05, 0) is 44.5 Å². The Bertz CT molecular complexity index is 437. The highest BCUT2D eigenvalue weighted by atomic mass is 16.5. The van der Waals surface area contributed by atoms with Crippen LogP contribution in [0.5, 0.6) is 5.75 Å². The van der Waals surface area contributed by atoms with Crippen LogP contribution in [-0.4, -0.2) is 42.7 Å². The average Bonchev–Trinajstić information content (AvgIpc) is 2.90. The molecule has 2 heterocycles. The highest BCUT2D eigenvalue weighted by Crippen LogP contribution is 2.30. The minimum atomic E-state index is 0.330. The number of likely N-dealkylation sites (tertiary alicyclic amines) is 1. The monoisotopic (exact) mass is 288 g/mol.